The minimum absolute atomic E-state index is 0.00866. The molecule has 0 radical (unpaired) electrons. The molecule has 0 aliphatic rings. The molecular formula is C12H24N2O4. The summed E-state index contributed by atoms with van der Waals surface area (Å²) in [5.41, 5.74) is -0.580. The maximum Gasteiger partial charge on any atom is 0.410 e. The predicted octanol–water partition coefficient (Wildman–Crippen LogP) is 0.958. The van der Waals surface area contributed by atoms with Gasteiger partial charge in [0.2, 0.25) is 5.91 Å². The van der Waals surface area contributed by atoms with Gasteiger partial charge in [0, 0.05) is 27.7 Å². The summed E-state index contributed by atoms with van der Waals surface area (Å²) in [4.78, 5) is 26.3. The molecule has 2 amide bonds. The van der Waals surface area contributed by atoms with Crippen LogP contribution in [0, 0.1) is 0 Å². The largest absolute Gasteiger partial charge is 0.444 e. The van der Waals surface area contributed by atoms with E-state index in [9.17, 15) is 9.59 Å². The van der Waals surface area contributed by atoms with Crippen molar-refractivity contribution in [3.8, 4) is 0 Å². The molecule has 0 aliphatic heterocycles. The molecule has 0 fully saturated rings. The van der Waals surface area contributed by atoms with Crippen molar-refractivity contribution in [2.75, 3.05) is 40.9 Å². The Morgan fingerprint density at radius 3 is 2.11 bits per heavy atom. The van der Waals surface area contributed by atoms with Gasteiger partial charge < -0.3 is 14.4 Å². The normalized spacial score (nSPS) is 11.0. The summed E-state index contributed by atoms with van der Waals surface area (Å²) in [6.45, 7) is 6.03. The molecule has 6 heteroatoms. The van der Waals surface area contributed by atoms with E-state index in [2.05, 4.69) is 0 Å². The molecule has 6 nitrogen and oxygen atoms in total. The Hall–Kier alpha value is -1.30. The van der Waals surface area contributed by atoms with Gasteiger partial charge in [-0.25, -0.2) is 4.79 Å². The van der Waals surface area contributed by atoms with Crippen LogP contribution in [-0.4, -0.2) is 68.3 Å². The zero-order valence-electron chi connectivity index (χ0n) is 12.1. The maximum absolute atomic E-state index is 11.9. The fourth-order valence-electron chi connectivity index (χ4n) is 1.07. The van der Waals surface area contributed by atoms with Gasteiger partial charge in [-0.05, 0) is 20.8 Å². The van der Waals surface area contributed by atoms with Crippen LogP contribution in [0.5, 0.6) is 0 Å². The second-order valence-electron chi connectivity index (χ2n) is 5.18. The van der Waals surface area contributed by atoms with Crippen LogP contribution in [0.4, 0.5) is 4.79 Å². The molecule has 0 atom stereocenters. The summed E-state index contributed by atoms with van der Waals surface area (Å²) in [6.07, 6.45) is -0.505. The van der Waals surface area contributed by atoms with E-state index < -0.39 is 11.7 Å². The molecule has 0 N–H and O–H groups in total. The van der Waals surface area contributed by atoms with Gasteiger partial charge in [0.1, 0.15) is 12.1 Å². The smallest absolute Gasteiger partial charge is 0.410 e. The third kappa shape index (κ3) is 7.11. The van der Waals surface area contributed by atoms with E-state index in [0.29, 0.717) is 13.2 Å². The molecule has 106 valence electrons. The molecule has 0 rings (SSSR count). The average Bonchev–Trinajstić information content (AvgIpc) is 2.20. The average molecular weight is 260 g/mol. The number of likely N-dealkylation sites (N-methyl/N-ethyl adjacent to an activating group) is 1. The van der Waals surface area contributed by atoms with Gasteiger partial charge in [0.05, 0.1) is 6.61 Å². The number of carbonyl (C=O) groups excluding carboxylic acids is 2. The molecule has 0 heterocycles. The summed E-state index contributed by atoms with van der Waals surface area (Å²) in [6, 6.07) is 0. The number of methoxy groups -OCH3 is 1. The molecule has 0 aliphatic carbocycles. The van der Waals surface area contributed by atoms with Crippen LogP contribution in [0.2, 0.25) is 0 Å². The van der Waals surface area contributed by atoms with Crippen LogP contribution in [0.25, 0.3) is 0 Å². The quantitative estimate of drug-likeness (QED) is 0.738. The van der Waals surface area contributed by atoms with Crippen LogP contribution >= 0.6 is 0 Å². The zero-order chi connectivity index (χ0) is 14.3. The van der Waals surface area contributed by atoms with Crippen LogP contribution in [0.1, 0.15) is 20.8 Å². The van der Waals surface area contributed by atoms with Crippen molar-refractivity contribution in [3.63, 3.8) is 0 Å². The minimum Gasteiger partial charge on any atom is -0.444 e. The fourth-order valence-corrected chi connectivity index (χ4v) is 1.07. The molecular weight excluding hydrogens is 236 g/mol. The minimum atomic E-state index is -0.580. The lowest BCUT2D eigenvalue weighted by molar-refractivity contribution is -0.130. The first kappa shape index (κ1) is 16.7. The molecule has 0 unspecified atom stereocenters. The lowest BCUT2D eigenvalue weighted by Crippen LogP contribution is -2.44. The molecule has 0 saturated heterocycles. The SMILES string of the molecule is COCCN(CC(=O)N(C)C)C(=O)OC(C)(C)C. The lowest BCUT2D eigenvalue weighted by Gasteiger charge is -2.27. The number of hydrogen-bond donors (Lipinski definition) is 0. The van der Waals surface area contributed by atoms with Crippen LogP contribution in [0.3, 0.4) is 0 Å². The van der Waals surface area contributed by atoms with Crippen molar-refractivity contribution >= 4 is 12.0 Å². The van der Waals surface area contributed by atoms with Gasteiger partial charge >= 0.3 is 6.09 Å². The summed E-state index contributed by atoms with van der Waals surface area (Å²) >= 11 is 0. The maximum atomic E-state index is 11.9. The van der Waals surface area contributed by atoms with Crippen molar-refractivity contribution in [1.29, 1.82) is 0 Å². The van der Waals surface area contributed by atoms with E-state index in [-0.39, 0.29) is 12.5 Å². The van der Waals surface area contributed by atoms with Crippen molar-refractivity contribution in [3.05, 3.63) is 0 Å². The van der Waals surface area contributed by atoms with Crippen molar-refractivity contribution < 1.29 is 19.1 Å². The van der Waals surface area contributed by atoms with E-state index in [0.717, 1.165) is 0 Å². The van der Waals surface area contributed by atoms with Crippen LogP contribution in [-0.2, 0) is 14.3 Å². The highest BCUT2D eigenvalue weighted by Crippen LogP contribution is 2.10. The highest BCUT2D eigenvalue weighted by atomic mass is 16.6. The summed E-state index contributed by atoms with van der Waals surface area (Å²) in [5.74, 6) is -0.156. The molecule has 0 spiro atoms. The molecule has 0 bridgehead atoms. The van der Waals surface area contributed by atoms with Crippen molar-refractivity contribution in [2.45, 2.75) is 26.4 Å². The Kier molecular flexibility index (Phi) is 6.68. The van der Waals surface area contributed by atoms with Crippen molar-refractivity contribution in [2.24, 2.45) is 0 Å². The topological polar surface area (TPSA) is 59.1 Å². The molecule has 0 aromatic heterocycles. The number of ether oxygens (including phenoxy) is 2. The van der Waals surface area contributed by atoms with E-state index in [1.165, 1.54) is 9.80 Å². The van der Waals surface area contributed by atoms with Crippen LogP contribution < -0.4 is 0 Å². The zero-order valence-corrected chi connectivity index (χ0v) is 12.1. The standard InChI is InChI=1S/C12H24N2O4/c1-12(2,3)18-11(16)14(7-8-17-6)9-10(15)13(4)5/h7-9H2,1-6H3. The van der Waals surface area contributed by atoms with E-state index in [1.54, 1.807) is 42.0 Å². The summed E-state index contributed by atoms with van der Waals surface area (Å²) in [7, 11) is 4.83. The van der Waals surface area contributed by atoms with E-state index in [1.807, 2.05) is 0 Å². The highest BCUT2D eigenvalue weighted by Gasteiger charge is 2.24. The van der Waals surface area contributed by atoms with Gasteiger partial charge in [0.15, 0.2) is 0 Å². The highest BCUT2D eigenvalue weighted by molar-refractivity contribution is 5.82. The van der Waals surface area contributed by atoms with Crippen LogP contribution in [0.15, 0.2) is 0 Å². The molecule has 0 aromatic rings. The Labute approximate surface area is 109 Å². The third-order valence-corrected chi connectivity index (χ3v) is 2.04. The van der Waals surface area contributed by atoms with E-state index in [4.69, 9.17) is 9.47 Å². The third-order valence-electron chi connectivity index (χ3n) is 2.04. The van der Waals surface area contributed by atoms with Crippen molar-refractivity contribution in [1.82, 2.24) is 9.80 Å². The Morgan fingerprint density at radius 1 is 1.17 bits per heavy atom. The monoisotopic (exact) mass is 260 g/mol. The van der Waals surface area contributed by atoms with Gasteiger partial charge in [-0.2, -0.15) is 0 Å². The Balaban J connectivity index is 4.56. The molecule has 18 heavy (non-hydrogen) atoms. The second-order valence-corrected chi connectivity index (χ2v) is 5.18. The number of nitrogens with zero attached hydrogens (tertiary/aromatic N) is 2. The second kappa shape index (κ2) is 7.20. The molecule has 0 saturated carbocycles. The lowest BCUT2D eigenvalue weighted by atomic mass is 10.2. The number of carbonyl (C=O) groups is 2. The van der Waals surface area contributed by atoms with Gasteiger partial charge in [-0.3, -0.25) is 9.69 Å². The Morgan fingerprint density at radius 2 is 1.72 bits per heavy atom. The van der Waals surface area contributed by atoms with Gasteiger partial charge in [-0.1, -0.05) is 0 Å². The van der Waals surface area contributed by atoms with Gasteiger partial charge in [0.25, 0.3) is 0 Å². The number of rotatable bonds is 5. The fraction of sp³-hybridized carbons (Fsp3) is 0.833. The summed E-state index contributed by atoms with van der Waals surface area (Å²) < 4.78 is 10.2. The summed E-state index contributed by atoms with van der Waals surface area (Å²) in [5, 5.41) is 0. The molecule has 0 aromatic carbocycles. The predicted molar refractivity (Wildman–Crippen MR) is 68.4 cm³/mol. The first-order valence-corrected chi connectivity index (χ1v) is 5.84. The van der Waals surface area contributed by atoms with E-state index >= 15 is 0 Å². The number of amides is 2. The number of hydrogen-bond acceptors (Lipinski definition) is 4. The van der Waals surface area contributed by atoms with Gasteiger partial charge in [-0.15, -0.1) is 0 Å². The first-order valence-electron chi connectivity index (χ1n) is 5.84. The first-order chi connectivity index (χ1) is 8.17. The Bertz CT molecular complexity index is 284.